The van der Waals surface area contributed by atoms with Gasteiger partial charge in [0, 0.05) is 12.8 Å². The monoisotopic (exact) mass is 358 g/mol. The molecule has 142 valence electrons. The van der Waals surface area contributed by atoms with Crippen LogP contribution in [0.25, 0.3) is 0 Å². The molecule has 5 heteroatoms. The van der Waals surface area contributed by atoms with Crippen LogP contribution in [0.15, 0.2) is 48.6 Å². The predicted octanol–water partition coefficient (Wildman–Crippen LogP) is 6.76. The van der Waals surface area contributed by atoms with Gasteiger partial charge in [0.05, 0.1) is 0 Å². The zero-order valence-electron chi connectivity index (χ0n) is 14.7. The number of rotatable bonds is 14. The molecule has 0 fully saturated rings. The van der Waals surface area contributed by atoms with E-state index in [0.717, 1.165) is 25.7 Å². The molecule has 0 aliphatic rings. The van der Waals surface area contributed by atoms with Gasteiger partial charge in [0.2, 0.25) is 0 Å². The fourth-order valence-corrected chi connectivity index (χ4v) is 2.01. The highest BCUT2D eigenvalue weighted by atomic mass is 19.4. The third-order valence-corrected chi connectivity index (χ3v) is 3.33. The maximum absolute atomic E-state index is 11.9. The van der Waals surface area contributed by atoms with E-state index in [4.69, 9.17) is 5.11 Å². The first-order valence-electron chi connectivity index (χ1n) is 8.80. The number of unbranched alkanes of at least 4 members (excludes halogenated alkanes) is 3. The number of halogens is 3. The van der Waals surface area contributed by atoms with Crippen LogP contribution in [-0.4, -0.2) is 17.3 Å². The van der Waals surface area contributed by atoms with Gasteiger partial charge in [-0.25, -0.2) is 0 Å². The molecule has 2 nitrogen and oxygen atoms in total. The standard InChI is InChI=1S/C20H29F3O2/c21-20(22,23)18-16-14-12-10-8-6-4-2-1-3-5-7-9-11-13-15-17-19(24)25/h2-5,8-11H,1,6-7,12-18H2,(H,24,25). The number of carboxylic acid groups (broad SMARTS) is 1. The molecule has 0 radical (unpaired) electrons. The Morgan fingerprint density at radius 1 is 0.720 bits per heavy atom. The molecule has 0 unspecified atom stereocenters. The molecule has 0 aliphatic carbocycles. The fraction of sp³-hybridized carbons (Fsp3) is 0.550. The Balaban J connectivity index is 3.46. The first kappa shape index (κ1) is 23.2. The molecule has 0 amide bonds. The summed E-state index contributed by atoms with van der Waals surface area (Å²) in [6, 6.07) is 0. The summed E-state index contributed by atoms with van der Waals surface area (Å²) in [4.78, 5) is 10.3. The van der Waals surface area contributed by atoms with Gasteiger partial charge in [0.15, 0.2) is 0 Å². The highest BCUT2D eigenvalue weighted by Gasteiger charge is 2.25. The topological polar surface area (TPSA) is 37.3 Å². The van der Waals surface area contributed by atoms with Gasteiger partial charge in [-0.2, -0.15) is 13.2 Å². The minimum atomic E-state index is -4.03. The van der Waals surface area contributed by atoms with Crippen molar-refractivity contribution in [3.8, 4) is 0 Å². The Kier molecular flexibility index (Phi) is 14.6. The minimum absolute atomic E-state index is 0.197. The molecule has 25 heavy (non-hydrogen) atoms. The quantitative estimate of drug-likeness (QED) is 0.275. The first-order chi connectivity index (χ1) is 11.9. The number of allylic oxidation sites excluding steroid dienone is 8. The van der Waals surface area contributed by atoms with Crippen LogP contribution >= 0.6 is 0 Å². The summed E-state index contributed by atoms with van der Waals surface area (Å²) in [7, 11) is 0. The Bertz CT molecular complexity index is 446. The highest BCUT2D eigenvalue weighted by molar-refractivity contribution is 5.66. The molecule has 0 aromatic heterocycles. The molecule has 0 spiro atoms. The van der Waals surface area contributed by atoms with Crippen LogP contribution in [0, 0.1) is 0 Å². The summed E-state index contributed by atoms with van der Waals surface area (Å²) < 4.78 is 35.8. The second kappa shape index (κ2) is 15.7. The van der Waals surface area contributed by atoms with Crippen molar-refractivity contribution >= 4 is 5.97 Å². The normalized spacial score (nSPS) is 13.1. The predicted molar refractivity (Wildman–Crippen MR) is 96.4 cm³/mol. The van der Waals surface area contributed by atoms with Gasteiger partial charge >= 0.3 is 12.1 Å². The van der Waals surface area contributed by atoms with Gasteiger partial charge in [0.1, 0.15) is 0 Å². The van der Waals surface area contributed by atoms with Gasteiger partial charge in [0.25, 0.3) is 0 Å². The fourth-order valence-electron chi connectivity index (χ4n) is 2.01. The molecule has 0 atom stereocenters. The van der Waals surface area contributed by atoms with Crippen molar-refractivity contribution in [1.82, 2.24) is 0 Å². The second-order valence-electron chi connectivity index (χ2n) is 5.74. The molecule has 0 aromatic carbocycles. The lowest BCUT2D eigenvalue weighted by atomic mass is 10.1. The van der Waals surface area contributed by atoms with Crippen LogP contribution in [0.3, 0.4) is 0 Å². The van der Waals surface area contributed by atoms with Crippen molar-refractivity contribution in [3.05, 3.63) is 48.6 Å². The van der Waals surface area contributed by atoms with Crippen molar-refractivity contribution in [2.24, 2.45) is 0 Å². The van der Waals surface area contributed by atoms with Crippen molar-refractivity contribution in [1.29, 1.82) is 0 Å². The zero-order valence-corrected chi connectivity index (χ0v) is 14.7. The van der Waals surface area contributed by atoms with Crippen LogP contribution in [0.1, 0.15) is 64.2 Å². The van der Waals surface area contributed by atoms with E-state index in [0.29, 0.717) is 19.3 Å². The zero-order chi connectivity index (χ0) is 18.8. The summed E-state index contributed by atoms with van der Waals surface area (Å²) in [5, 5.41) is 8.48. The number of hydrogen-bond donors (Lipinski definition) is 1. The molecule has 0 heterocycles. The van der Waals surface area contributed by atoms with Crippen LogP contribution in [0.2, 0.25) is 0 Å². The second-order valence-corrected chi connectivity index (χ2v) is 5.74. The number of hydrogen-bond acceptors (Lipinski definition) is 1. The molecular formula is C20H29F3O2. The molecule has 0 bridgehead atoms. The van der Waals surface area contributed by atoms with Crippen molar-refractivity contribution in [3.63, 3.8) is 0 Å². The third-order valence-electron chi connectivity index (χ3n) is 3.33. The summed E-state index contributed by atoms with van der Waals surface area (Å²) in [6.07, 6.45) is 17.1. The van der Waals surface area contributed by atoms with Gasteiger partial charge in [-0.15, -0.1) is 0 Å². The van der Waals surface area contributed by atoms with Gasteiger partial charge in [-0.1, -0.05) is 48.6 Å². The van der Waals surface area contributed by atoms with Crippen molar-refractivity contribution < 1.29 is 23.1 Å². The lowest BCUT2D eigenvalue weighted by Gasteiger charge is -2.03. The average Bonchev–Trinajstić information content (AvgIpc) is 2.52. The Labute approximate surface area is 148 Å². The number of aliphatic carboxylic acids is 1. The maximum Gasteiger partial charge on any atom is 0.389 e. The van der Waals surface area contributed by atoms with E-state index in [1.165, 1.54) is 0 Å². The van der Waals surface area contributed by atoms with E-state index in [9.17, 15) is 18.0 Å². The Morgan fingerprint density at radius 2 is 1.16 bits per heavy atom. The Hall–Kier alpha value is -1.78. The summed E-state index contributed by atoms with van der Waals surface area (Å²) >= 11 is 0. The number of alkyl halides is 3. The van der Waals surface area contributed by atoms with E-state index < -0.39 is 18.6 Å². The average molecular weight is 358 g/mol. The molecule has 0 saturated carbocycles. The van der Waals surface area contributed by atoms with Gasteiger partial charge < -0.3 is 5.11 Å². The van der Waals surface area contributed by atoms with Crippen LogP contribution in [0.5, 0.6) is 0 Å². The molecule has 0 aromatic rings. The maximum atomic E-state index is 11.9. The number of carbonyl (C=O) groups is 1. The van der Waals surface area contributed by atoms with E-state index in [-0.39, 0.29) is 12.8 Å². The Morgan fingerprint density at radius 3 is 1.60 bits per heavy atom. The lowest BCUT2D eigenvalue weighted by Crippen LogP contribution is -2.05. The summed E-state index contributed by atoms with van der Waals surface area (Å²) in [6.45, 7) is 0. The molecule has 0 aliphatic heterocycles. The lowest BCUT2D eigenvalue weighted by molar-refractivity contribution is -0.137. The summed E-state index contributed by atoms with van der Waals surface area (Å²) in [5.41, 5.74) is 0. The number of carboxylic acids is 1. The van der Waals surface area contributed by atoms with E-state index in [1.807, 2.05) is 30.4 Å². The van der Waals surface area contributed by atoms with Crippen molar-refractivity contribution in [2.75, 3.05) is 0 Å². The van der Waals surface area contributed by atoms with Crippen LogP contribution < -0.4 is 0 Å². The summed E-state index contributed by atoms with van der Waals surface area (Å²) in [5.74, 6) is -0.753. The van der Waals surface area contributed by atoms with E-state index in [2.05, 4.69) is 18.2 Å². The van der Waals surface area contributed by atoms with Gasteiger partial charge in [-0.3, -0.25) is 4.79 Å². The molecular weight excluding hydrogens is 329 g/mol. The largest absolute Gasteiger partial charge is 0.481 e. The smallest absolute Gasteiger partial charge is 0.389 e. The van der Waals surface area contributed by atoms with Gasteiger partial charge in [-0.05, 0) is 51.4 Å². The third kappa shape index (κ3) is 22.2. The molecule has 0 saturated heterocycles. The van der Waals surface area contributed by atoms with Crippen LogP contribution in [0.4, 0.5) is 13.2 Å². The highest BCUT2D eigenvalue weighted by Crippen LogP contribution is 2.22. The first-order valence-corrected chi connectivity index (χ1v) is 8.80. The molecule has 1 N–H and O–H groups in total. The van der Waals surface area contributed by atoms with Crippen LogP contribution in [-0.2, 0) is 4.79 Å². The van der Waals surface area contributed by atoms with E-state index in [1.54, 1.807) is 0 Å². The van der Waals surface area contributed by atoms with E-state index >= 15 is 0 Å². The minimum Gasteiger partial charge on any atom is -0.481 e. The SMILES string of the molecule is O=C(O)CCCC=CCC=CCC=CCC=CCCCCC(F)(F)F. The van der Waals surface area contributed by atoms with Crippen molar-refractivity contribution in [2.45, 2.75) is 70.4 Å². The molecule has 0 rings (SSSR count).